The SMILES string of the molecule is NS(=O)c1ccc(Nc2ncc3cc4n(c3n2)C2(CCCCC2)C(=O)N(O)C4O)nc1. The van der Waals surface area contributed by atoms with Gasteiger partial charge in [0.05, 0.1) is 10.6 Å². The van der Waals surface area contributed by atoms with Crippen molar-refractivity contribution in [2.75, 3.05) is 5.32 Å². The zero-order chi connectivity index (χ0) is 21.8. The van der Waals surface area contributed by atoms with Gasteiger partial charge in [-0.2, -0.15) is 10.0 Å². The molecule has 0 radical (unpaired) electrons. The Hall–Kier alpha value is -2.93. The number of pyridine rings is 1. The Morgan fingerprint density at radius 1 is 1.19 bits per heavy atom. The van der Waals surface area contributed by atoms with Gasteiger partial charge in [0.2, 0.25) is 5.95 Å². The molecule has 4 heterocycles. The summed E-state index contributed by atoms with van der Waals surface area (Å²) >= 11 is 0. The van der Waals surface area contributed by atoms with Crippen molar-refractivity contribution in [2.24, 2.45) is 5.14 Å². The van der Waals surface area contributed by atoms with E-state index in [2.05, 4.69) is 20.3 Å². The molecular weight excluding hydrogens is 422 g/mol. The second-order valence-corrected chi connectivity index (χ2v) is 8.86. The molecule has 1 aliphatic heterocycles. The summed E-state index contributed by atoms with van der Waals surface area (Å²) in [4.78, 5) is 26.5. The predicted molar refractivity (Wildman–Crippen MR) is 110 cm³/mol. The number of nitrogens with one attached hydrogen (secondary N) is 1. The molecule has 2 unspecified atom stereocenters. The van der Waals surface area contributed by atoms with E-state index in [1.165, 1.54) is 6.20 Å². The van der Waals surface area contributed by atoms with E-state index in [9.17, 15) is 19.3 Å². The van der Waals surface area contributed by atoms with Crippen molar-refractivity contribution in [3.63, 3.8) is 0 Å². The Labute approximate surface area is 179 Å². The van der Waals surface area contributed by atoms with E-state index < -0.39 is 28.7 Å². The average molecular weight is 443 g/mol. The van der Waals surface area contributed by atoms with Crippen LogP contribution in [0.5, 0.6) is 0 Å². The molecule has 162 valence electrons. The lowest BCUT2D eigenvalue weighted by Gasteiger charge is -2.45. The maximum Gasteiger partial charge on any atom is 0.275 e. The summed E-state index contributed by atoms with van der Waals surface area (Å²) in [7, 11) is -1.62. The van der Waals surface area contributed by atoms with Crippen LogP contribution in [0.15, 0.2) is 35.5 Å². The summed E-state index contributed by atoms with van der Waals surface area (Å²) in [5.41, 5.74) is -0.0899. The van der Waals surface area contributed by atoms with E-state index in [1.807, 2.05) is 0 Å². The zero-order valence-corrected chi connectivity index (χ0v) is 17.2. The lowest BCUT2D eigenvalue weighted by atomic mass is 9.79. The molecule has 3 aromatic heterocycles. The molecule has 0 aromatic carbocycles. The van der Waals surface area contributed by atoms with Gasteiger partial charge in [-0.1, -0.05) is 19.3 Å². The highest BCUT2D eigenvalue weighted by atomic mass is 32.2. The van der Waals surface area contributed by atoms with Gasteiger partial charge in [-0.15, -0.1) is 0 Å². The van der Waals surface area contributed by atoms with Crippen LogP contribution in [-0.2, 0) is 21.3 Å². The van der Waals surface area contributed by atoms with Crippen molar-refractivity contribution in [3.05, 3.63) is 36.3 Å². The summed E-state index contributed by atoms with van der Waals surface area (Å²) in [5, 5.41) is 30.2. The van der Waals surface area contributed by atoms with Crippen LogP contribution in [0.3, 0.4) is 0 Å². The number of aliphatic hydroxyl groups excluding tert-OH is 1. The molecular formula is C19H21N7O4S. The van der Waals surface area contributed by atoms with Crippen LogP contribution in [0.1, 0.15) is 44.0 Å². The Kier molecular flexibility index (Phi) is 4.73. The average Bonchev–Trinajstić information content (AvgIpc) is 3.17. The van der Waals surface area contributed by atoms with Crippen molar-refractivity contribution in [1.29, 1.82) is 0 Å². The van der Waals surface area contributed by atoms with Gasteiger partial charge in [0.15, 0.2) is 6.23 Å². The number of fused-ring (bicyclic) bond motifs is 4. The maximum atomic E-state index is 13.1. The van der Waals surface area contributed by atoms with Crippen LogP contribution >= 0.6 is 0 Å². The molecule has 2 atom stereocenters. The summed E-state index contributed by atoms with van der Waals surface area (Å²) in [6.07, 6.45) is 5.31. The van der Waals surface area contributed by atoms with Crippen LogP contribution in [0, 0.1) is 0 Å². The van der Waals surface area contributed by atoms with Gasteiger partial charge in [0.25, 0.3) is 5.91 Å². The topological polar surface area (TPSA) is 159 Å². The lowest BCUT2D eigenvalue weighted by molar-refractivity contribution is -0.228. The third kappa shape index (κ3) is 3.10. The minimum absolute atomic E-state index is 0.252. The van der Waals surface area contributed by atoms with Gasteiger partial charge in [-0.05, 0) is 31.0 Å². The molecule has 5 rings (SSSR count). The number of carbonyl (C=O) groups is 1. The molecule has 1 fully saturated rings. The highest BCUT2D eigenvalue weighted by molar-refractivity contribution is 7.82. The zero-order valence-electron chi connectivity index (χ0n) is 16.4. The second-order valence-electron chi connectivity index (χ2n) is 7.79. The molecule has 11 nitrogen and oxygen atoms in total. The first-order valence-electron chi connectivity index (χ1n) is 9.89. The number of nitrogens with two attached hydrogens (primary N) is 1. The number of carbonyl (C=O) groups excluding carboxylic acids is 1. The first-order chi connectivity index (χ1) is 14.9. The second kappa shape index (κ2) is 7.34. The van der Waals surface area contributed by atoms with E-state index in [0.717, 1.165) is 19.3 Å². The molecule has 2 aliphatic rings. The maximum absolute atomic E-state index is 13.1. The lowest BCUT2D eigenvalue weighted by Crippen LogP contribution is -2.56. The van der Waals surface area contributed by atoms with Gasteiger partial charge in [0, 0.05) is 17.8 Å². The fraction of sp³-hybridized carbons (Fsp3) is 0.368. The fourth-order valence-electron chi connectivity index (χ4n) is 4.52. The van der Waals surface area contributed by atoms with Crippen LogP contribution in [0.4, 0.5) is 11.8 Å². The summed E-state index contributed by atoms with van der Waals surface area (Å²) in [6, 6.07) is 4.89. The van der Waals surface area contributed by atoms with Crippen LogP contribution in [0.25, 0.3) is 11.0 Å². The molecule has 1 amide bonds. The molecule has 12 heteroatoms. The number of anilines is 2. The summed E-state index contributed by atoms with van der Waals surface area (Å²) in [5.74, 6) is 0.163. The molecule has 0 bridgehead atoms. The van der Waals surface area contributed by atoms with E-state index in [4.69, 9.17) is 5.14 Å². The third-order valence-electron chi connectivity index (χ3n) is 5.99. The molecule has 31 heavy (non-hydrogen) atoms. The number of rotatable bonds is 3. The first-order valence-corrected chi connectivity index (χ1v) is 11.1. The molecule has 3 aromatic rings. The molecule has 1 saturated carbocycles. The molecule has 5 N–H and O–H groups in total. The van der Waals surface area contributed by atoms with Crippen LogP contribution in [-0.4, -0.2) is 45.0 Å². The van der Waals surface area contributed by atoms with Crippen molar-refractivity contribution in [1.82, 2.24) is 24.6 Å². The minimum Gasteiger partial charge on any atom is -0.366 e. The van der Waals surface area contributed by atoms with E-state index in [1.54, 1.807) is 29.0 Å². The largest absolute Gasteiger partial charge is 0.366 e. The third-order valence-corrected chi connectivity index (χ3v) is 6.70. The van der Waals surface area contributed by atoms with E-state index in [0.29, 0.717) is 45.3 Å². The number of hydrogen-bond acceptors (Lipinski definition) is 8. The number of nitrogens with zero attached hydrogens (tertiary/aromatic N) is 5. The van der Waals surface area contributed by atoms with Gasteiger partial charge in [-0.25, -0.2) is 19.3 Å². The highest BCUT2D eigenvalue weighted by Gasteiger charge is 2.51. The summed E-state index contributed by atoms with van der Waals surface area (Å²) in [6.45, 7) is 0. The molecule has 1 spiro atoms. The fourth-order valence-corrected chi connectivity index (χ4v) is 4.88. The van der Waals surface area contributed by atoms with Crippen molar-refractivity contribution in [3.8, 4) is 0 Å². The van der Waals surface area contributed by atoms with Gasteiger partial charge < -0.3 is 15.0 Å². The van der Waals surface area contributed by atoms with Crippen molar-refractivity contribution in [2.45, 2.75) is 48.8 Å². The monoisotopic (exact) mass is 443 g/mol. The molecule has 1 aliphatic carbocycles. The number of aliphatic hydroxyl groups is 1. The van der Waals surface area contributed by atoms with Crippen LogP contribution < -0.4 is 10.5 Å². The van der Waals surface area contributed by atoms with Crippen molar-refractivity contribution >= 4 is 39.7 Å². The van der Waals surface area contributed by atoms with Gasteiger partial charge in [-0.3, -0.25) is 10.0 Å². The Bertz CT molecular complexity index is 1190. The number of hydroxylamine groups is 2. The smallest absolute Gasteiger partial charge is 0.275 e. The number of amides is 1. The Balaban J connectivity index is 1.60. The van der Waals surface area contributed by atoms with Gasteiger partial charge >= 0.3 is 0 Å². The quantitative estimate of drug-likeness (QED) is 0.442. The molecule has 0 saturated heterocycles. The normalized spacial score (nSPS) is 21.3. The van der Waals surface area contributed by atoms with Crippen molar-refractivity contribution < 1.29 is 19.3 Å². The predicted octanol–water partition coefficient (Wildman–Crippen LogP) is 1.43. The van der Waals surface area contributed by atoms with E-state index >= 15 is 0 Å². The Morgan fingerprint density at radius 3 is 2.65 bits per heavy atom. The first kappa shape index (κ1) is 20.0. The standard InChI is InChI=1S/C19H21N7O4S/c20-31(30)12-4-5-14(21-10-12)23-18-22-9-11-8-13-16(27)26(29)17(28)19(6-2-1-3-7-19)25(13)15(11)24-18/h4-5,8-10,16,27,29H,1-3,6-7,20H2,(H,21,22,23,24). The number of aromatic nitrogens is 4. The Morgan fingerprint density at radius 2 is 1.97 bits per heavy atom. The highest BCUT2D eigenvalue weighted by Crippen LogP contribution is 2.45. The summed E-state index contributed by atoms with van der Waals surface area (Å²) < 4.78 is 13.1. The van der Waals surface area contributed by atoms with E-state index in [-0.39, 0.29) is 5.95 Å². The number of hydrogen-bond donors (Lipinski definition) is 4. The van der Waals surface area contributed by atoms with Gasteiger partial charge in [0.1, 0.15) is 28.0 Å². The minimum atomic E-state index is -1.62. The van der Waals surface area contributed by atoms with Crippen LogP contribution in [0.2, 0.25) is 0 Å².